The zero-order valence-corrected chi connectivity index (χ0v) is 14.2. The number of thiazole rings is 1. The Balaban J connectivity index is 2.17. The average Bonchev–Trinajstić information content (AvgIpc) is 2.88. The van der Waals surface area contributed by atoms with E-state index in [0.717, 1.165) is 30.5 Å². The molecule has 0 aliphatic rings. The summed E-state index contributed by atoms with van der Waals surface area (Å²) < 4.78 is 0. The summed E-state index contributed by atoms with van der Waals surface area (Å²) in [6.45, 7) is 11.5. The van der Waals surface area contributed by atoms with Crippen molar-refractivity contribution >= 4 is 16.5 Å². The third-order valence-electron chi connectivity index (χ3n) is 3.59. The molecule has 1 heterocycles. The highest BCUT2D eigenvalue weighted by atomic mass is 32.1. The molecule has 2 rings (SSSR count). The molecule has 0 aliphatic heterocycles. The van der Waals surface area contributed by atoms with Gasteiger partial charge in [-0.15, -0.1) is 11.3 Å². The monoisotopic (exact) mass is 303 g/mol. The number of rotatable bonds is 7. The maximum Gasteiger partial charge on any atom is 0.186 e. The van der Waals surface area contributed by atoms with Crippen molar-refractivity contribution in [2.24, 2.45) is 0 Å². The summed E-state index contributed by atoms with van der Waals surface area (Å²) in [7, 11) is 0. The number of anilines is 1. The van der Waals surface area contributed by atoms with Gasteiger partial charge in [-0.25, -0.2) is 4.98 Å². The molecule has 1 aromatic heterocycles. The van der Waals surface area contributed by atoms with Gasteiger partial charge in [0, 0.05) is 24.0 Å². The van der Waals surface area contributed by atoms with E-state index in [4.69, 9.17) is 4.98 Å². The minimum Gasteiger partial charge on any atom is -0.344 e. The standard InChI is InChI=1S/C17H25N3S/c1-5-18-13(3)16-14(4)19-17(21-16)20(6-2)12-15-10-8-7-9-11-15/h7-11,13,18H,5-6,12H2,1-4H3. The van der Waals surface area contributed by atoms with Crippen LogP contribution >= 0.6 is 11.3 Å². The van der Waals surface area contributed by atoms with Crippen molar-refractivity contribution in [3.63, 3.8) is 0 Å². The molecule has 0 radical (unpaired) electrons. The van der Waals surface area contributed by atoms with Gasteiger partial charge >= 0.3 is 0 Å². The predicted molar refractivity (Wildman–Crippen MR) is 92.1 cm³/mol. The van der Waals surface area contributed by atoms with Gasteiger partial charge in [-0.1, -0.05) is 37.3 Å². The largest absolute Gasteiger partial charge is 0.344 e. The summed E-state index contributed by atoms with van der Waals surface area (Å²) in [5.41, 5.74) is 2.48. The van der Waals surface area contributed by atoms with Crippen molar-refractivity contribution in [3.05, 3.63) is 46.5 Å². The molecule has 0 amide bonds. The van der Waals surface area contributed by atoms with Crippen LogP contribution in [-0.4, -0.2) is 18.1 Å². The molecule has 2 aromatic rings. The third kappa shape index (κ3) is 4.05. The second kappa shape index (κ2) is 7.57. The molecule has 0 bridgehead atoms. The van der Waals surface area contributed by atoms with Crippen LogP contribution in [0.4, 0.5) is 5.13 Å². The molecule has 1 N–H and O–H groups in total. The fourth-order valence-corrected chi connectivity index (χ4v) is 3.60. The van der Waals surface area contributed by atoms with Crippen molar-refractivity contribution in [1.82, 2.24) is 10.3 Å². The highest BCUT2D eigenvalue weighted by Gasteiger charge is 2.17. The molecule has 3 nitrogen and oxygen atoms in total. The molecule has 0 saturated heterocycles. The van der Waals surface area contributed by atoms with E-state index >= 15 is 0 Å². The molecule has 1 atom stereocenters. The molecule has 1 unspecified atom stereocenters. The second-order valence-corrected chi connectivity index (χ2v) is 6.23. The van der Waals surface area contributed by atoms with E-state index in [-0.39, 0.29) is 0 Å². The first-order chi connectivity index (χ1) is 10.2. The number of nitrogens with zero attached hydrogens (tertiary/aromatic N) is 2. The Bertz CT molecular complexity index is 550. The number of hydrogen-bond acceptors (Lipinski definition) is 4. The average molecular weight is 303 g/mol. The number of benzene rings is 1. The summed E-state index contributed by atoms with van der Waals surface area (Å²) >= 11 is 1.81. The van der Waals surface area contributed by atoms with Crippen molar-refractivity contribution in [1.29, 1.82) is 0 Å². The van der Waals surface area contributed by atoms with Gasteiger partial charge in [-0.05, 0) is 32.9 Å². The minimum absolute atomic E-state index is 0.372. The van der Waals surface area contributed by atoms with Gasteiger partial charge in [0.2, 0.25) is 0 Å². The maximum atomic E-state index is 4.79. The van der Waals surface area contributed by atoms with Crippen LogP contribution in [-0.2, 0) is 6.54 Å². The predicted octanol–water partition coefficient (Wildman–Crippen LogP) is 4.15. The molecule has 114 valence electrons. The Morgan fingerprint density at radius 1 is 1.24 bits per heavy atom. The Kier molecular flexibility index (Phi) is 5.76. The molecule has 1 aromatic carbocycles. The van der Waals surface area contributed by atoms with Crippen LogP contribution in [0.2, 0.25) is 0 Å². The van der Waals surface area contributed by atoms with Crippen LogP contribution in [0.25, 0.3) is 0 Å². The van der Waals surface area contributed by atoms with Crippen LogP contribution in [0.3, 0.4) is 0 Å². The van der Waals surface area contributed by atoms with Gasteiger partial charge in [-0.3, -0.25) is 0 Å². The lowest BCUT2D eigenvalue weighted by atomic mass is 10.2. The van der Waals surface area contributed by atoms with Crippen molar-refractivity contribution in [2.45, 2.75) is 40.3 Å². The van der Waals surface area contributed by atoms with E-state index in [0.29, 0.717) is 6.04 Å². The lowest BCUT2D eigenvalue weighted by molar-refractivity contribution is 0.603. The molecule has 4 heteroatoms. The zero-order valence-electron chi connectivity index (χ0n) is 13.4. The molecule has 0 fully saturated rings. The number of aromatic nitrogens is 1. The van der Waals surface area contributed by atoms with Crippen LogP contribution in [0, 0.1) is 6.92 Å². The maximum absolute atomic E-state index is 4.79. The van der Waals surface area contributed by atoms with E-state index in [2.05, 4.69) is 68.2 Å². The lowest BCUT2D eigenvalue weighted by Gasteiger charge is -2.19. The van der Waals surface area contributed by atoms with Gasteiger partial charge in [-0.2, -0.15) is 0 Å². The van der Waals surface area contributed by atoms with Gasteiger partial charge in [0.05, 0.1) is 5.69 Å². The van der Waals surface area contributed by atoms with Crippen molar-refractivity contribution in [2.75, 3.05) is 18.0 Å². The summed E-state index contributed by atoms with van der Waals surface area (Å²) in [4.78, 5) is 8.47. The van der Waals surface area contributed by atoms with Gasteiger partial charge in [0.15, 0.2) is 5.13 Å². The number of aryl methyl sites for hydroxylation is 1. The van der Waals surface area contributed by atoms with Crippen molar-refractivity contribution in [3.8, 4) is 0 Å². The quantitative estimate of drug-likeness (QED) is 0.833. The van der Waals surface area contributed by atoms with E-state index < -0.39 is 0 Å². The number of nitrogens with one attached hydrogen (secondary N) is 1. The summed E-state index contributed by atoms with van der Waals surface area (Å²) in [6, 6.07) is 11.0. The Hall–Kier alpha value is -1.39. The summed E-state index contributed by atoms with van der Waals surface area (Å²) in [6.07, 6.45) is 0. The normalized spacial score (nSPS) is 12.4. The Labute approximate surface area is 132 Å². The first-order valence-electron chi connectivity index (χ1n) is 7.65. The first kappa shape index (κ1) is 16.0. The van der Waals surface area contributed by atoms with Crippen LogP contribution in [0.1, 0.15) is 42.9 Å². The molecule has 0 spiro atoms. The van der Waals surface area contributed by atoms with Crippen LogP contribution in [0.5, 0.6) is 0 Å². The Morgan fingerprint density at radius 3 is 2.57 bits per heavy atom. The van der Waals surface area contributed by atoms with Gasteiger partial charge < -0.3 is 10.2 Å². The van der Waals surface area contributed by atoms with Crippen molar-refractivity contribution < 1.29 is 0 Å². The molecule has 21 heavy (non-hydrogen) atoms. The molecular formula is C17H25N3S. The number of hydrogen-bond donors (Lipinski definition) is 1. The van der Waals surface area contributed by atoms with E-state index in [9.17, 15) is 0 Å². The second-order valence-electron chi connectivity index (χ2n) is 5.23. The van der Waals surface area contributed by atoms with E-state index in [1.54, 1.807) is 0 Å². The lowest BCUT2D eigenvalue weighted by Crippen LogP contribution is -2.21. The third-order valence-corrected chi connectivity index (χ3v) is 4.99. The molecular weight excluding hydrogens is 278 g/mol. The highest BCUT2D eigenvalue weighted by Crippen LogP contribution is 2.31. The van der Waals surface area contributed by atoms with Crippen LogP contribution < -0.4 is 10.2 Å². The fraction of sp³-hybridized carbons (Fsp3) is 0.471. The van der Waals surface area contributed by atoms with Gasteiger partial charge in [0.25, 0.3) is 0 Å². The molecule has 0 saturated carbocycles. The zero-order chi connectivity index (χ0) is 15.2. The smallest absolute Gasteiger partial charge is 0.186 e. The molecule has 0 aliphatic carbocycles. The fourth-order valence-electron chi connectivity index (χ4n) is 2.45. The SMILES string of the molecule is CCNC(C)c1sc(N(CC)Cc2ccccc2)nc1C. The van der Waals surface area contributed by atoms with E-state index in [1.165, 1.54) is 10.4 Å². The van der Waals surface area contributed by atoms with E-state index in [1.807, 2.05) is 11.3 Å². The van der Waals surface area contributed by atoms with Gasteiger partial charge in [0.1, 0.15) is 0 Å². The summed E-state index contributed by atoms with van der Waals surface area (Å²) in [5, 5.41) is 4.60. The highest BCUT2D eigenvalue weighted by molar-refractivity contribution is 7.15. The Morgan fingerprint density at radius 2 is 1.95 bits per heavy atom. The summed E-state index contributed by atoms with van der Waals surface area (Å²) in [5.74, 6) is 0. The minimum atomic E-state index is 0.372. The first-order valence-corrected chi connectivity index (χ1v) is 8.46. The topological polar surface area (TPSA) is 28.2 Å². The van der Waals surface area contributed by atoms with Crippen LogP contribution in [0.15, 0.2) is 30.3 Å².